The molecule has 1 saturated heterocycles. The van der Waals surface area contributed by atoms with Crippen LogP contribution in [0.1, 0.15) is 29.3 Å². The SMILES string of the molecule is [B]C([B])([B])C([B])([B])Oc1ccc(C#Cc2nc(OCC3COCCO3)cc(OCc3ccccc3)c2CC)cc1. The Morgan fingerprint density at radius 2 is 1.70 bits per heavy atom. The van der Waals surface area contributed by atoms with Crippen LogP contribution in [0.5, 0.6) is 17.4 Å². The molecule has 0 spiro atoms. The Morgan fingerprint density at radius 1 is 0.950 bits per heavy atom. The molecule has 0 aliphatic carbocycles. The Labute approximate surface area is 242 Å². The van der Waals surface area contributed by atoms with Crippen LogP contribution in [-0.2, 0) is 22.5 Å². The van der Waals surface area contributed by atoms with Crippen molar-refractivity contribution >= 4 is 39.2 Å². The Kier molecular flexibility index (Phi) is 10.00. The predicted octanol–water partition coefficient (Wildman–Crippen LogP) is 2.37. The lowest BCUT2D eigenvalue weighted by Gasteiger charge is -2.42. The molecular formula is C29H26B5NO5. The molecule has 0 saturated carbocycles. The van der Waals surface area contributed by atoms with Gasteiger partial charge in [0.25, 0.3) is 0 Å². The van der Waals surface area contributed by atoms with Gasteiger partial charge < -0.3 is 23.7 Å². The molecule has 1 fully saturated rings. The molecule has 3 aromatic rings. The van der Waals surface area contributed by atoms with Crippen molar-refractivity contribution in [1.29, 1.82) is 0 Å². The average Bonchev–Trinajstić information content (AvgIpc) is 2.95. The first-order valence-corrected chi connectivity index (χ1v) is 12.9. The Hall–Kier alpha value is -3.21. The summed E-state index contributed by atoms with van der Waals surface area (Å²) in [6.45, 7) is 4.29. The summed E-state index contributed by atoms with van der Waals surface area (Å²) < 4.78 is 28.8. The summed E-state index contributed by atoms with van der Waals surface area (Å²) in [7, 11) is 28.4. The number of pyridine rings is 1. The van der Waals surface area contributed by atoms with Gasteiger partial charge in [0.2, 0.25) is 5.88 Å². The number of benzene rings is 2. The van der Waals surface area contributed by atoms with Crippen molar-refractivity contribution in [2.24, 2.45) is 0 Å². The first-order valence-electron chi connectivity index (χ1n) is 12.9. The van der Waals surface area contributed by atoms with E-state index in [4.69, 9.17) is 62.9 Å². The van der Waals surface area contributed by atoms with Gasteiger partial charge in [-0.1, -0.05) is 43.2 Å². The lowest BCUT2D eigenvalue weighted by Crippen LogP contribution is -2.50. The quantitative estimate of drug-likeness (QED) is 0.301. The molecule has 1 unspecified atom stereocenters. The molecule has 4 rings (SSSR count). The summed E-state index contributed by atoms with van der Waals surface area (Å²) >= 11 is 0. The van der Waals surface area contributed by atoms with Gasteiger partial charge in [0.05, 0.1) is 43.4 Å². The molecule has 1 atom stereocenters. The Bertz CT molecular complexity index is 1310. The minimum Gasteiger partial charge on any atom is -0.509 e. The van der Waals surface area contributed by atoms with E-state index in [9.17, 15) is 0 Å². The minimum absolute atomic E-state index is 0.172. The van der Waals surface area contributed by atoms with E-state index in [2.05, 4.69) is 16.8 Å². The summed E-state index contributed by atoms with van der Waals surface area (Å²) in [6.07, 6.45) is 0.483. The van der Waals surface area contributed by atoms with E-state index in [-0.39, 0.29) is 6.10 Å². The third kappa shape index (κ3) is 8.16. The minimum atomic E-state index is -1.98. The third-order valence-electron chi connectivity index (χ3n) is 6.10. The van der Waals surface area contributed by atoms with E-state index >= 15 is 0 Å². The van der Waals surface area contributed by atoms with Crippen molar-refractivity contribution in [3.63, 3.8) is 0 Å². The average molecular weight is 523 g/mol. The first-order chi connectivity index (χ1) is 19.1. The van der Waals surface area contributed by atoms with Crippen LogP contribution in [0.4, 0.5) is 0 Å². The van der Waals surface area contributed by atoms with Crippen molar-refractivity contribution in [3.05, 3.63) is 83.0 Å². The first kappa shape index (κ1) is 29.8. The fourth-order valence-corrected chi connectivity index (χ4v) is 3.74. The number of aromatic nitrogens is 1. The summed E-state index contributed by atoms with van der Waals surface area (Å²) in [5.41, 5.74) is 3.16. The van der Waals surface area contributed by atoms with Gasteiger partial charge >= 0.3 is 0 Å². The van der Waals surface area contributed by atoms with Crippen molar-refractivity contribution in [1.82, 2.24) is 4.98 Å². The molecule has 0 amide bonds. The van der Waals surface area contributed by atoms with Crippen LogP contribution in [-0.4, -0.2) is 82.1 Å². The van der Waals surface area contributed by atoms with Crippen LogP contribution in [0.2, 0.25) is 5.11 Å². The second-order valence-electron chi connectivity index (χ2n) is 9.39. The summed E-state index contributed by atoms with van der Waals surface area (Å²) in [5, 5.41) is -3.93. The highest BCUT2D eigenvalue weighted by Gasteiger charge is 2.32. The molecule has 0 N–H and O–H groups in total. The summed E-state index contributed by atoms with van der Waals surface area (Å²) in [5.74, 6) is 7.66. The van der Waals surface area contributed by atoms with Crippen molar-refractivity contribution < 1.29 is 23.7 Å². The number of hydrogen-bond acceptors (Lipinski definition) is 6. The monoisotopic (exact) mass is 523 g/mol. The molecule has 192 valence electrons. The van der Waals surface area contributed by atoms with Crippen molar-refractivity contribution in [2.75, 3.05) is 26.4 Å². The Morgan fingerprint density at radius 3 is 2.35 bits per heavy atom. The molecule has 6 nitrogen and oxygen atoms in total. The van der Waals surface area contributed by atoms with Gasteiger partial charge in [-0.3, -0.25) is 0 Å². The maximum Gasteiger partial charge on any atom is 0.218 e. The maximum absolute atomic E-state index is 6.21. The molecule has 2 aromatic carbocycles. The highest BCUT2D eigenvalue weighted by molar-refractivity contribution is 6.66. The van der Waals surface area contributed by atoms with Crippen molar-refractivity contribution in [2.45, 2.75) is 36.6 Å². The molecule has 10 radical (unpaired) electrons. The van der Waals surface area contributed by atoms with Crippen LogP contribution >= 0.6 is 0 Å². The second kappa shape index (κ2) is 13.4. The fourth-order valence-electron chi connectivity index (χ4n) is 3.74. The Balaban J connectivity index is 1.57. The fraction of sp³-hybridized carbons (Fsp3) is 0.345. The topological polar surface area (TPSA) is 59.0 Å². The zero-order valence-electron chi connectivity index (χ0n) is 22.5. The number of nitrogens with zero attached hydrogens (tertiary/aromatic N) is 1. The molecule has 0 bridgehead atoms. The zero-order chi connectivity index (χ0) is 28.6. The maximum atomic E-state index is 6.21. The van der Waals surface area contributed by atoms with Gasteiger partial charge in [-0.05, 0) is 42.2 Å². The van der Waals surface area contributed by atoms with Gasteiger partial charge in [0.1, 0.15) is 52.2 Å². The van der Waals surface area contributed by atoms with E-state index < -0.39 is 10.5 Å². The number of ether oxygens (including phenoxy) is 5. The zero-order valence-corrected chi connectivity index (χ0v) is 22.5. The standard InChI is InChI=1S/C29H26B5NO5/c1-2-24-25(13-10-20-8-11-22(12-9-20)40-29(33,34)28(30,31)32)35-27(39-19-23-18-36-14-15-37-23)16-26(24)38-17-21-6-4-3-5-7-21/h3-9,11-12,16,23H,2,14-15,17-19H2,1H3. The van der Waals surface area contributed by atoms with Gasteiger partial charge in [0.15, 0.2) is 0 Å². The molecule has 1 aliphatic rings. The normalized spacial score (nSPS) is 15.5. The van der Waals surface area contributed by atoms with Crippen LogP contribution < -0.4 is 14.2 Å². The molecule has 1 aromatic heterocycles. The van der Waals surface area contributed by atoms with E-state index in [1.807, 2.05) is 37.3 Å². The third-order valence-corrected chi connectivity index (χ3v) is 6.10. The highest BCUT2D eigenvalue weighted by atomic mass is 16.6. The summed E-state index contributed by atoms with van der Waals surface area (Å²) in [6, 6.07) is 18.5. The van der Waals surface area contributed by atoms with Gasteiger partial charge in [-0.15, -0.1) is 5.11 Å². The van der Waals surface area contributed by atoms with Crippen LogP contribution in [0.3, 0.4) is 0 Å². The van der Waals surface area contributed by atoms with E-state index in [0.29, 0.717) is 68.1 Å². The second-order valence-corrected chi connectivity index (χ2v) is 9.39. The number of rotatable bonds is 10. The van der Waals surface area contributed by atoms with Crippen LogP contribution in [0.15, 0.2) is 60.7 Å². The number of hydrogen-bond donors (Lipinski definition) is 0. The molecule has 1 aliphatic heterocycles. The van der Waals surface area contributed by atoms with Gasteiger partial charge in [-0.2, -0.15) is 0 Å². The van der Waals surface area contributed by atoms with E-state index in [1.54, 1.807) is 30.3 Å². The van der Waals surface area contributed by atoms with Gasteiger partial charge in [0, 0.05) is 22.6 Å². The molecule has 40 heavy (non-hydrogen) atoms. The predicted molar refractivity (Wildman–Crippen MR) is 158 cm³/mol. The lowest BCUT2D eigenvalue weighted by atomic mass is 9.28. The lowest BCUT2D eigenvalue weighted by molar-refractivity contribution is -0.102. The van der Waals surface area contributed by atoms with E-state index in [0.717, 1.165) is 11.1 Å². The van der Waals surface area contributed by atoms with Crippen LogP contribution in [0, 0.1) is 11.8 Å². The van der Waals surface area contributed by atoms with E-state index in [1.165, 1.54) is 0 Å². The molecule has 11 heteroatoms. The van der Waals surface area contributed by atoms with Crippen molar-refractivity contribution in [3.8, 4) is 29.2 Å². The summed E-state index contributed by atoms with van der Waals surface area (Å²) in [4.78, 5) is 4.68. The largest absolute Gasteiger partial charge is 0.509 e. The van der Waals surface area contributed by atoms with Gasteiger partial charge in [-0.25, -0.2) is 4.98 Å². The van der Waals surface area contributed by atoms with Crippen LogP contribution in [0.25, 0.3) is 0 Å². The molecule has 2 heterocycles. The smallest absolute Gasteiger partial charge is 0.218 e. The molecular weight excluding hydrogens is 496 g/mol. The highest BCUT2D eigenvalue weighted by Crippen LogP contribution is 2.29.